The summed E-state index contributed by atoms with van der Waals surface area (Å²) < 4.78 is 7.21. The van der Waals surface area contributed by atoms with Gasteiger partial charge >= 0.3 is 0 Å². The molecule has 0 aromatic carbocycles. The number of hydrogen-bond donors (Lipinski definition) is 2. The molecule has 0 aliphatic rings. The van der Waals surface area contributed by atoms with E-state index in [1.807, 2.05) is 40.9 Å². The molecule has 9 nitrogen and oxygen atoms in total. The fraction of sp³-hybridized carbons (Fsp3) is 0.333. The monoisotopic (exact) mass is 369 g/mol. The molecule has 0 bridgehead atoms. The predicted molar refractivity (Wildman–Crippen MR) is 101 cm³/mol. The van der Waals surface area contributed by atoms with E-state index in [0.717, 1.165) is 17.2 Å². The molecular weight excluding hydrogens is 346 g/mol. The number of pyridine rings is 1. The minimum absolute atomic E-state index is 0.0385. The predicted octanol–water partition coefficient (Wildman–Crippen LogP) is 0.688. The molecule has 0 saturated carbocycles. The third kappa shape index (κ3) is 5.06. The van der Waals surface area contributed by atoms with E-state index >= 15 is 0 Å². The van der Waals surface area contributed by atoms with Crippen LogP contribution in [0.1, 0.15) is 11.6 Å². The summed E-state index contributed by atoms with van der Waals surface area (Å²) in [6, 6.07) is 9.49. The Labute approximate surface area is 157 Å². The molecule has 0 unspecified atom stereocenters. The van der Waals surface area contributed by atoms with Crippen molar-refractivity contribution in [1.29, 1.82) is 0 Å². The van der Waals surface area contributed by atoms with Gasteiger partial charge in [0.25, 0.3) is 0 Å². The van der Waals surface area contributed by atoms with Gasteiger partial charge in [0.05, 0.1) is 12.8 Å². The van der Waals surface area contributed by atoms with Gasteiger partial charge in [-0.25, -0.2) is 4.99 Å². The second-order valence-electron chi connectivity index (χ2n) is 6.11. The highest BCUT2D eigenvalue weighted by atomic mass is 16.3. The van der Waals surface area contributed by atoms with Crippen molar-refractivity contribution >= 4 is 17.5 Å². The highest BCUT2D eigenvalue weighted by molar-refractivity contribution is 5.86. The minimum Gasteiger partial charge on any atom is -0.469 e. The Bertz CT molecular complexity index is 899. The van der Waals surface area contributed by atoms with Gasteiger partial charge in [0.1, 0.15) is 12.3 Å². The molecule has 0 aliphatic carbocycles. The first-order chi connectivity index (χ1) is 13.1. The summed E-state index contributed by atoms with van der Waals surface area (Å²) >= 11 is 0. The second-order valence-corrected chi connectivity index (χ2v) is 6.11. The van der Waals surface area contributed by atoms with Crippen molar-refractivity contribution in [3.63, 3.8) is 0 Å². The zero-order valence-electron chi connectivity index (χ0n) is 15.4. The van der Waals surface area contributed by atoms with Crippen molar-refractivity contribution in [2.75, 3.05) is 27.2 Å². The number of amides is 1. The lowest BCUT2D eigenvalue weighted by Crippen LogP contribution is -2.43. The van der Waals surface area contributed by atoms with E-state index in [0.29, 0.717) is 25.5 Å². The number of hydrogen-bond acceptors (Lipinski definition) is 5. The molecule has 0 aliphatic heterocycles. The van der Waals surface area contributed by atoms with E-state index in [1.54, 1.807) is 20.4 Å². The Hall–Kier alpha value is -3.36. The van der Waals surface area contributed by atoms with Gasteiger partial charge in [0.15, 0.2) is 17.4 Å². The number of carbonyl (C=O) groups excluding carboxylic acids is 1. The van der Waals surface area contributed by atoms with Crippen LogP contribution in [-0.2, 0) is 17.8 Å². The summed E-state index contributed by atoms with van der Waals surface area (Å²) in [4.78, 5) is 17.9. The van der Waals surface area contributed by atoms with Gasteiger partial charge in [-0.1, -0.05) is 6.07 Å². The van der Waals surface area contributed by atoms with E-state index in [1.165, 1.54) is 4.90 Å². The quantitative estimate of drug-likeness (QED) is 0.469. The standard InChI is InChI=1S/C18H23N7O2/c1-24(2)17(26)13-21-18(19-9-8-14-6-5-11-27-14)20-12-16-23-22-15-7-3-4-10-25(15)16/h3-7,10-11H,8-9,12-13H2,1-2H3,(H2,19,20,21). The highest BCUT2D eigenvalue weighted by Gasteiger charge is 2.08. The molecule has 27 heavy (non-hydrogen) atoms. The van der Waals surface area contributed by atoms with E-state index in [9.17, 15) is 4.79 Å². The summed E-state index contributed by atoms with van der Waals surface area (Å²) in [5.74, 6) is 2.10. The molecule has 1 amide bonds. The van der Waals surface area contributed by atoms with Gasteiger partial charge in [-0.15, -0.1) is 10.2 Å². The van der Waals surface area contributed by atoms with Gasteiger partial charge in [-0.2, -0.15) is 0 Å². The highest BCUT2D eigenvalue weighted by Crippen LogP contribution is 2.04. The van der Waals surface area contributed by atoms with Crippen molar-refractivity contribution in [2.24, 2.45) is 4.99 Å². The lowest BCUT2D eigenvalue weighted by Gasteiger charge is -2.14. The van der Waals surface area contributed by atoms with Crippen LogP contribution in [0, 0.1) is 0 Å². The minimum atomic E-state index is -0.0385. The van der Waals surface area contributed by atoms with E-state index in [2.05, 4.69) is 25.8 Å². The van der Waals surface area contributed by atoms with E-state index < -0.39 is 0 Å². The van der Waals surface area contributed by atoms with Crippen molar-refractivity contribution in [2.45, 2.75) is 13.0 Å². The number of aliphatic imine (C=N–C) groups is 1. The molecule has 3 rings (SSSR count). The molecule has 3 aromatic heterocycles. The van der Waals surface area contributed by atoms with Gasteiger partial charge in [-0.3, -0.25) is 9.20 Å². The topological polar surface area (TPSA) is 100 Å². The number of likely N-dealkylation sites (N-methyl/N-ethyl adjacent to an activating group) is 1. The normalized spacial score (nSPS) is 11.6. The van der Waals surface area contributed by atoms with Gasteiger partial charge < -0.3 is 20.0 Å². The summed E-state index contributed by atoms with van der Waals surface area (Å²) in [5, 5.41) is 14.6. The van der Waals surface area contributed by atoms with Crippen LogP contribution in [0.2, 0.25) is 0 Å². The fourth-order valence-electron chi connectivity index (χ4n) is 2.40. The average molecular weight is 369 g/mol. The number of guanidine groups is 1. The van der Waals surface area contributed by atoms with Crippen LogP contribution in [0.4, 0.5) is 0 Å². The Morgan fingerprint density at radius 3 is 2.89 bits per heavy atom. The molecule has 0 atom stereocenters. The Morgan fingerprint density at radius 1 is 1.22 bits per heavy atom. The first kappa shape index (κ1) is 18.4. The SMILES string of the molecule is CN(C)C(=O)CNC(=NCc1nnc2ccccn12)NCCc1ccco1. The number of rotatable bonds is 7. The van der Waals surface area contributed by atoms with Crippen LogP contribution in [0.5, 0.6) is 0 Å². The van der Waals surface area contributed by atoms with E-state index in [-0.39, 0.29) is 12.5 Å². The largest absolute Gasteiger partial charge is 0.469 e. The number of nitrogens with zero attached hydrogens (tertiary/aromatic N) is 5. The Balaban J connectivity index is 1.65. The van der Waals surface area contributed by atoms with Crippen molar-refractivity contribution in [1.82, 2.24) is 30.1 Å². The van der Waals surface area contributed by atoms with Crippen molar-refractivity contribution in [3.8, 4) is 0 Å². The van der Waals surface area contributed by atoms with Crippen LogP contribution in [0.25, 0.3) is 5.65 Å². The van der Waals surface area contributed by atoms with E-state index in [4.69, 9.17) is 4.42 Å². The third-order valence-corrected chi connectivity index (χ3v) is 3.91. The van der Waals surface area contributed by atoms with Crippen LogP contribution >= 0.6 is 0 Å². The van der Waals surface area contributed by atoms with Crippen LogP contribution in [0.15, 0.2) is 52.2 Å². The summed E-state index contributed by atoms with van der Waals surface area (Å²) in [6.45, 7) is 1.10. The van der Waals surface area contributed by atoms with Crippen LogP contribution in [-0.4, -0.2) is 58.5 Å². The maximum Gasteiger partial charge on any atom is 0.241 e. The molecular formula is C18H23N7O2. The maximum atomic E-state index is 11.9. The first-order valence-electron chi connectivity index (χ1n) is 8.67. The number of nitrogens with one attached hydrogen (secondary N) is 2. The van der Waals surface area contributed by atoms with Crippen LogP contribution < -0.4 is 10.6 Å². The van der Waals surface area contributed by atoms with Gasteiger partial charge in [-0.05, 0) is 24.3 Å². The molecule has 2 N–H and O–H groups in total. The third-order valence-electron chi connectivity index (χ3n) is 3.91. The number of carbonyl (C=O) groups is 1. The lowest BCUT2D eigenvalue weighted by molar-refractivity contribution is -0.127. The van der Waals surface area contributed by atoms with Crippen molar-refractivity contribution in [3.05, 3.63) is 54.4 Å². The Morgan fingerprint density at radius 2 is 2.11 bits per heavy atom. The molecule has 0 saturated heterocycles. The molecule has 9 heteroatoms. The molecule has 3 aromatic rings. The van der Waals surface area contributed by atoms with Crippen LogP contribution in [0.3, 0.4) is 0 Å². The first-order valence-corrected chi connectivity index (χ1v) is 8.67. The average Bonchev–Trinajstić information content (AvgIpc) is 3.33. The summed E-state index contributed by atoms with van der Waals surface area (Å²) in [6.07, 6.45) is 4.26. The maximum absolute atomic E-state index is 11.9. The molecule has 3 heterocycles. The molecule has 0 spiro atoms. The second kappa shape index (κ2) is 8.84. The smallest absolute Gasteiger partial charge is 0.241 e. The zero-order chi connectivity index (χ0) is 19.1. The molecule has 142 valence electrons. The molecule has 0 fully saturated rings. The number of furan rings is 1. The summed E-state index contributed by atoms with van der Waals surface area (Å²) in [5.41, 5.74) is 0.769. The summed E-state index contributed by atoms with van der Waals surface area (Å²) in [7, 11) is 3.43. The van der Waals surface area contributed by atoms with Gasteiger partial charge in [0.2, 0.25) is 5.91 Å². The lowest BCUT2D eigenvalue weighted by atomic mass is 10.3. The van der Waals surface area contributed by atoms with Crippen molar-refractivity contribution < 1.29 is 9.21 Å². The van der Waals surface area contributed by atoms with Gasteiger partial charge in [0, 0.05) is 33.3 Å². The Kier molecular flexibility index (Phi) is 6.03. The number of aromatic nitrogens is 3. The molecule has 0 radical (unpaired) electrons. The number of fused-ring (bicyclic) bond motifs is 1. The fourth-order valence-corrected chi connectivity index (χ4v) is 2.40. The zero-order valence-corrected chi connectivity index (χ0v) is 15.4.